The summed E-state index contributed by atoms with van der Waals surface area (Å²) in [5, 5.41) is 29.5. The quantitative estimate of drug-likeness (QED) is 0.244. The van der Waals surface area contributed by atoms with Gasteiger partial charge in [-0.15, -0.1) is 0 Å². The molecule has 0 aliphatic rings. The molecule has 0 saturated heterocycles. The van der Waals surface area contributed by atoms with E-state index in [0.717, 1.165) is 19.4 Å². The van der Waals surface area contributed by atoms with Crippen LogP contribution in [-0.4, -0.2) is 53.1 Å². The number of carbonyl (C=O) groups is 2. The van der Waals surface area contributed by atoms with E-state index in [2.05, 4.69) is 5.32 Å². The molecule has 18 heavy (non-hydrogen) atoms. The van der Waals surface area contributed by atoms with E-state index in [0.29, 0.717) is 6.08 Å². The summed E-state index contributed by atoms with van der Waals surface area (Å²) in [4.78, 5) is 20.9. The predicted octanol–water partition coefficient (Wildman–Crippen LogP) is -0.193. The van der Waals surface area contributed by atoms with Crippen molar-refractivity contribution in [3.63, 3.8) is 0 Å². The molecule has 0 fully saturated rings. The van der Waals surface area contributed by atoms with Crippen LogP contribution in [0.4, 0.5) is 0 Å². The molecule has 0 aromatic carbocycles. The number of hydrogen-bond acceptors (Lipinski definition) is 5. The lowest BCUT2D eigenvalue weighted by Crippen LogP contribution is -2.31. The summed E-state index contributed by atoms with van der Waals surface area (Å²) in [6.07, 6.45) is 1.56. The van der Waals surface area contributed by atoms with Gasteiger partial charge in [-0.1, -0.05) is 13.3 Å². The second-order valence-corrected chi connectivity index (χ2v) is 3.67. The first-order valence-corrected chi connectivity index (χ1v) is 5.66. The monoisotopic (exact) mass is 261 g/mol. The average molecular weight is 261 g/mol. The molecular formula is C11H19NO6. The minimum Gasteiger partial charge on any atom is -0.484 e. The van der Waals surface area contributed by atoms with E-state index in [4.69, 9.17) is 14.9 Å². The van der Waals surface area contributed by atoms with Crippen molar-refractivity contribution >= 4 is 11.9 Å². The predicted molar refractivity (Wildman–Crippen MR) is 63.1 cm³/mol. The number of rotatable bonds is 10. The fourth-order valence-electron chi connectivity index (χ4n) is 1.09. The molecule has 1 atom stereocenters. The van der Waals surface area contributed by atoms with Gasteiger partial charge in [-0.25, -0.2) is 9.59 Å². The molecule has 0 radical (unpaired) electrons. The molecule has 0 rings (SSSR count). The Morgan fingerprint density at radius 3 is 2.56 bits per heavy atom. The molecule has 4 N–H and O–H groups in total. The third-order valence-corrected chi connectivity index (χ3v) is 1.98. The van der Waals surface area contributed by atoms with Gasteiger partial charge in [-0.3, -0.25) is 0 Å². The van der Waals surface area contributed by atoms with Crippen LogP contribution in [0.1, 0.15) is 19.8 Å². The number of hydrogen-bond donors (Lipinski definition) is 4. The van der Waals surface area contributed by atoms with Crippen LogP contribution in [0.3, 0.4) is 0 Å². The van der Waals surface area contributed by atoms with Crippen LogP contribution in [0.5, 0.6) is 0 Å². The van der Waals surface area contributed by atoms with Crippen molar-refractivity contribution in [2.45, 2.75) is 25.9 Å². The molecule has 0 aromatic rings. The molecule has 7 nitrogen and oxygen atoms in total. The number of carboxylic acid groups (broad SMARTS) is 2. The highest BCUT2D eigenvalue weighted by Gasteiger charge is 2.13. The first-order chi connectivity index (χ1) is 8.47. The van der Waals surface area contributed by atoms with Crippen LogP contribution < -0.4 is 5.32 Å². The standard InChI is InChI=1S/C11H19NO6/c1-2-3-4-12-6-8(13)7-18-9(11(16)17)5-10(14)15/h5,8,12-13H,2-4,6-7H2,1H3,(H,14,15)(H,16,17)/b9-5+. The molecule has 0 spiro atoms. The van der Waals surface area contributed by atoms with Crippen molar-refractivity contribution in [3.8, 4) is 0 Å². The molecular weight excluding hydrogens is 242 g/mol. The second-order valence-electron chi connectivity index (χ2n) is 3.67. The van der Waals surface area contributed by atoms with Crippen molar-refractivity contribution in [2.24, 2.45) is 0 Å². The summed E-state index contributed by atoms with van der Waals surface area (Å²) in [6.45, 7) is 2.78. The van der Waals surface area contributed by atoms with Gasteiger partial charge in [0.25, 0.3) is 0 Å². The normalized spacial score (nSPS) is 13.1. The molecule has 0 saturated carbocycles. The molecule has 7 heteroatoms. The number of unbranched alkanes of at least 4 members (excludes halogenated alkanes) is 1. The number of nitrogens with one attached hydrogen (secondary N) is 1. The van der Waals surface area contributed by atoms with Gasteiger partial charge in [0.2, 0.25) is 5.76 Å². The highest BCUT2D eigenvalue weighted by molar-refractivity contribution is 5.92. The summed E-state index contributed by atoms with van der Waals surface area (Å²) >= 11 is 0. The van der Waals surface area contributed by atoms with Gasteiger partial charge in [0, 0.05) is 6.54 Å². The van der Waals surface area contributed by atoms with Crippen LogP contribution in [-0.2, 0) is 14.3 Å². The van der Waals surface area contributed by atoms with Gasteiger partial charge in [0.1, 0.15) is 12.7 Å². The average Bonchev–Trinajstić information content (AvgIpc) is 2.29. The van der Waals surface area contributed by atoms with Crippen LogP contribution in [0.25, 0.3) is 0 Å². The van der Waals surface area contributed by atoms with Gasteiger partial charge < -0.3 is 25.4 Å². The Morgan fingerprint density at radius 2 is 2.06 bits per heavy atom. The second kappa shape index (κ2) is 9.43. The molecule has 0 amide bonds. The van der Waals surface area contributed by atoms with E-state index in [-0.39, 0.29) is 13.2 Å². The highest BCUT2D eigenvalue weighted by Crippen LogP contribution is 1.99. The van der Waals surface area contributed by atoms with E-state index < -0.39 is 23.8 Å². The van der Waals surface area contributed by atoms with E-state index in [1.54, 1.807) is 0 Å². The molecule has 104 valence electrons. The number of ether oxygens (including phenoxy) is 1. The first kappa shape index (κ1) is 16.4. The fourth-order valence-corrected chi connectivity index (χ4v) is 1.09. The zero-order chi connectivity index (χ0) is 14.0. The maximum atomic E-state index is 10.6. The highest BCUT2D eigenvalue weighted by atomic mass is 16.5. The Kier molecular flexibility index (Phi) is 8.59. The lowest BCUT2D eigenvalue weighted by Gasteiger charge is -2.13. The molecule has 0 bridgehead atoms. The van der Waals surface area contributed by atoms with Crippen molar-refractivity contribution < 1.29 is 29.6 Å². The Labute approximate surface area is 105 Å². The van der Waals surface area contributed by atoms with E-state index in [9.17, 15) is 14.7 Å². The SMILES string of the molecule is CCCCNCC(O)CO/C(=C/C(=O)O)C(=O)O. The number of aliphatic hydroxyl groups excluding tert-OH is 1. The Balaban J connectivity index is 3.97. The fraction of sp³-hybridized carbons (Fsp3) is 0.636. The van der Waals surface area contributed by atoms with E-state index in [1.807, 2.05) is 6.92 Å². The summed E-state index contributed by atoms with van der Waals surface area (Å²) in [5.74, 6) is -3.60. The summed E-state index contributed by atoms with van der Waals surface area (Å²) < 4.78 is 4.72. The van der Waals surface area contributed by atoms with Gasteiger partial charge in [0.05, 0.1) is 6.08 Å². The van der Waals surface area contributed by atoms with Crippen molar-refractivity contribution in [1.29, 1.82) is 0 Å². The maximum Gasteiger partial charge on any atom is 0.371 e. The van der Waals surface area contributed by atoms with Crippen LogP contribution in [0, 0.1) is 0 Å². The number of aliphatic hydroxyl groups is 1. The molecule has 0 aliphatic heterocycles. The van der Waals surface area contributed by atoms with Gasteiger partial charge in [0.15, 0.2) is 0 Å². The van der Waals surface area contributed by atoms with E-state index >= 15 is 0 Å². The minimum atomic E-state index is -1.48. The first-order valence-electron chi connectivity index (χ1n) is 5.66. The molecule has 0 aliphatic carbocycles. The van der Waals surface area contributed by atoms with Gasteiger partial charge in [-0.05, 0) is 13.0 Å². The van der Waals surface area contributed by atoms with Crippen LogP contribution >= 0.6 is 0 Å². The zero-order valence-electron chi connectivity index (χ0n) is 10.3. The van der Waals surface area contributed by atoms with Crippen molar-refractivity contribution in [3.05, 3.63) is 11.8 Å². The Bertz CT molecular complexity index is 302. The molecule has 0 aromatic heterocycles. The zero-order valence-corrected chi connectivity index (χ0v) is 10.3. The summed E-state index contributed by atoms with van der Waals surface area (Å²) in [7, 11) is 0. The number of carboxylic acids is 2. The van der Waals surface area contributed by atoms with Crippen molar-refractivity contribution in [1.82, 2.24) is 5.32 Å². The van der Waals surface area contributed by atoms with Crippen molar-refractivity contribution in [2.75, 3.05) is 19.7 Å². The lowest BCUT2D eigenvalue weighted by atomic mass is 10.3. The molecule has 1 unspecified atom stereocenters. The maximum absolute atomic E-state index is 10.6. The topological polar surface area (TPSA) is 116 Å². The summed E-state index contributed by atoms with van der Waals surface area (Å²) in [6, 6.07) is 0. The van der Waals surface area contributed by atoms with Gasteiger partial charge >= 0.3 is 11.9 Å². The smallest absolute Gasteiger partial charge is 0.371 e. The van der Waals surface area contributed by atoms with E-state index in [1.165, 1.54) is 0 Å². The number of aliphatic carboxylic acids is 2. The Morgan fingerprint density at radius 1 is 1.39 bits per heavy atom. The lowest BCUT2D eigenvalue weighted by molar-refractivity contribution is -0.139. The van der Waals surface area contributed by atoms with Crippen LogP contribution in [0.15, 0.2) is 11.8 Å². The largest absolute Gasteiger partial charge is 0.484 e. The minimum absolute atomic E-state index is 0.264. The Hall–Kier alpha value is -1.60. The molecule has 0 heterocycles. The summed E-state index contributed by atoms with van der Waals surface area (Å²) in [5.41, 5.74) is 0. The van der Waals surface area contributed by atoms with Crippen LogP contribution in [0.2, 0.25) is 0 Å². The van der Waals surface area contributed by atoms with Gasteiger partial charge in [-0.2, -0.15) is 0 Å². The third kappa shape index (κ3) is 8.54. The third-order valence-electron chi connectivity index (χ3n) is 1.98.